The minimum Gasteiger partial charge on any atom is -0.503 e. The second-order valence-corrected chi connectivity index (χ2v) is 1.98. The molecular weight excluding hydrogens is 148 g/mol. The van der Waals surface area contributed by atoms with Gasteiger partial charge >= 0.3 is 0 Å². The van der Waals surface area contributed by atoms with Crippen LogP contribution in [0.15, 0.2) is 6.20 Å². The average Bonchev–Trinajstić information content (AvgIpc) is 2.28. The van der Waals surface area contributed by atoms with Crippen LogP contribution in [0.25, 0.3) is 0 Å². The van der Waals surface area contributed by atoms with Gasteiger partial charge in [-0.3, -0.25) is 0 Å². The Labute approximate surface area is 63.2 Å². The fourth-order valence-electron chi connectivity index (χ4n) is 0.624. The highest BCUT2D eigenvalue weighted by atomic mass is 16.3. The first kappa shape index (κ1) is 7.67. The lowest BCUT2D eigenvalue weighted by Gasteiger charge is -2.00. The van der Waals surface area contributed by atoms with E-state index in [1.165, 1.54) is 11.0 Å². The first-order valence-electron chi connectivity index (χ1n) is 3.13. The SMILES string of the molecule is Nc1nn(NCCO)cc1O. The molecule has 11 heavy (non-hydrogen) atoms. The maximum Gasteiger partial charge on any atom is 0.189 e. The molecule has 0 saturated heterocycles. The van der Waals surface area contributed by atoms with Crippen molar-refractivity contribution in [2.45, 2.75) is 0 Å². The summed E-state index contributed by atoms with van der Waals surface area (Å²) in [5, 5.41) is 21.0. The molecule has 5 N–H and O–H groups in total. The molecule has 1 heterocycles. The highest BCUT2D eigenvalue weighted by Crippen LogP contribution is 2.14. The summed E-state index contributed by atoms with van der Waals surface area (Å²) in [6.07, 6.45) is 1.32. The number of anilines is 1. The molecule has 0 fully saturated rings. The van der Waals surface area contributed by atoms with E-state index in [2.05, 4.69) is 10.5 Å². The van der Waals surface area contributed by atoms with E-state index in [0.29, 0.717) is 6.54 Å². The number of nitrogens with zero attached hydrogens (tertiary/aromatic N) is 2. The predicted octanol–water partition coefficient (Wildman–Crippen LogP) is -1.29. The van der Waals surface area contributed by atoms with Gasteiger partial charge in [0.15, 0.2) is 11.6 Å². The topological polar surface area (TPSA) is 96.3 Å². The number of aliphatic hydroxyl groups excluding tert-OH is 1. The Morgan fingerprint density at radius 3 is 2.91 bits per heavy atom. The Morgan fingerprint density at radius 2 is 2.45 bits per heavy atom. The third kappa shape index (κ3) is 1.74. The first-order valence-corrected chi connectivity index (χ1v) is 3.13. The van der Waals surface area contributed by atoms with E-state index in [-0.39, 0.29) is 18.2 Å². The third-order valence-corrected chi connectivity index (χ3v) is 1.11. The number of nitrogens with one attached hydrogen (secondary N) is 1. The van der Waals surface area contributed by atoms with Gasteiger partial charge in [-0.1, -0.05) is 0 Å². The van der Waals surface area contributed by atoms with E-state index in [1.807, 2.05) is 0 Å². The maximum atomic E-state index is 8.93. The van der Waals surface area contributed by atoms with Crippen LogP contribution in [-0.2, 0) is 0 Å². The summed E-state index contributed by atoms with van der Waals surface area (Å²) in [7, 11) is 0. The standard InChI is InChI=1S/C5H10N4O2/c6-5-4(11)3-9(8-5)7-1-2-10/h3,7,10-11H,1-2H2,(H2,6,8). The molecule has 0 bridgehead atoms. The molecule has 6 nitrogen and oxygen atoms in total. The summed E-state index contributed by atoms with van der Waals surface area (Å²) in [5.41, 5.74) is 7.90. The molecule has 0 aromatic carbocycles. The van der Waals surface area contributed by atoms with Gasteiger partial charge in [0.1, 0.15) is 0 Å². The van der Waals surface area contributed by atoms with E-state index >= 15 is 0 Å². The van der Waals surface area contributed by atoms with Gasteiger partial charge in [0.05, 0.1) is 19.3 Å². The number of rotatable bonds is 3. The van der Waals surface area contributed by atoms with Crippen LogP contribution in [-0.4, -0.2) is 33.3 Å². The molecule has 62 valence electrons. The second kappa shape index (κ2) is 3.11. The molecule has 6 heteroatoms. The number of hydrogen-bond donors (Lipinski definition) is 4. The number of hydrogen-bond acceptors (Lipinski definition) is 5. The number of nitrogen functional groups attached to an aromatic ring is 1. The summed E-state index contributed by atoms with van der Waals surface area (Å²) in [4.78, 5) is 1.25. The highest BCUT2D eigenvalue weighted by molar-refractivity contribution is 5.42. The van der Waals surface area contributed by atoms with Gasteiger partial charge in [-0.05, 0) is 0 Å². The molecule has 0 unspecified atom stereocenters. The molecule has 0 atom stereocenters. The van der Waals surface area contributed by atoms with Crippen LogP contribution in [0.1, 0.15) is 0 Å². The Bertz CT molecular complexity index is 215. The largest absolute Gasteiger partial charge is 0.503 e. The van der Waals surface area contributed by atoms with Crippen LogP contribution >= 0.6 is 0 Å². The summed E-state index contributed by atoms with van der Waals surface area (Å²) >= 11 is 0. The van der Waals surface area contributed by atoms with Crippen molar-refractivity contribution in [1.29, 1.82) is 0 Å². The Hall–Kier alpha value is -1.43. The number of aromatic hydroxyl groups is 1. The van der Waals surface area contributed by atoms with Crippen molar-refractivity contribution in [2.24, 2.45) is 0 Å². The van der Waals surface area contributed by atoms with E-state index in [1.54, 1.807) is 0 Å². The zero-order valence-electron chi connectivity index (χ0n) is 5.86. The Kier molecular flexibility index (Phi) is 2.17. The molecule has 0 saturated carbocycles. The van der Waals surface area contributed by atoms with E-state index in [4.69, 9.17) is 15.9 Å². The second-order valence-electron chi connectivity index (χ2n) is 1.98. The van der Waals surface area contributed by atoms with Gasteiger partial charge in [0.2, 0.25) is 0 Å². The van der Waals surface area contributed by atoms with E-state index in [0.717, 1.165) is 0 Å². The fraction of sp³-hybridized carbons (Fsp3) is 0.400. The summed E-state index contributed by atoms with van der Waals surface area (Å²) < 4.78 is 0. The van der Waals surface area contributed by atoms with Crippen molar-refractivity contribution in [1.82, 2.24) is 9.89 Å². The van der Waals surface area contributed by atoms with Gasteiger partial charge in [-0.25, -0.2) is 0 Å². The zero-order chi connectivity index (χ0) is 8.27. The monoisotopic (exact) mass is 158 g/mol. The predicted molar refractivity (Wildman–Crippen MR) is 39.6 cm³/mol. The molecular formula is C5H10N4O2. The van der Waals surface area contributed by atoms with Crippen LogP contribution in [0.3, 0.4) is 0 Å². The number of aliphatic hydroxyl groups is 1. The molecule has 0 aliphatic rings. The Morgan fingerprint density at radius 1 is 1.73 bits per heavy atom. The summed E-state index contributed by atoms with van der Waals surface area (Å²) in [6.45, 7) is 0.362. The van der Waals surface area contributed by atoms with Crippen molar-refractivity contribution in [3.63, 3.8) is 0 Å². The summed E-state index contributed by atoms with van der Waals surface area (Å²) in [5.74, 6) is -0.00844. The van der Waals surface area contributed by atoms with Gasteiger partial charge in [-0.2, -0.15) is 4.79 Å². The number of nitrogens with two attached hydrogens (primary N) is 1. The molecule has 0 aliphatic carbocycles. The molecule has 1 rings (SSSR count). The quantitative estimate of drug-likeness (QED) is 0.438. The molecule has 1 aromatic rings. The van der Waals surface area contributed by atoms with Crippen molar-refractivity contribution in [2.75, 3.05) is 24.3 Å². The molecule has 0 spiro atoms. The number of aromatic nitrogens is 2. The first-order chi connectivity index (χ1) is 5.24. The van der Waals surface area contributed by atoms with Crippen LogP contribution in [0.4, 0.5) is 5.82 Å². The van der Waals surface area contributed by atoms with Crippen LogP contribution < -0.4 is 11.2 Å². The zero-order valence-corrected chi connectivity index (χ0v) is 5.86. The molecule has 0 aliphatic heterocycles. The van der Waals surface area contributed by atoms with Crippen molar-refractivity contribution in [3.8, 4) is 5.75 Å². The Balaban J connectivity index is 2.58. The molecule has 1 aromatic heterocycles. The fourth-order valence-corrected chi connectivity index (χ4v) is 0.624. The van der Waals surface area contributed by atoms with Crippen LogP contribution in [0.2, 0.25) is 0 Å². The minimum absolute atomic E-state index is 0.000522. The molecule has 0 radical (unpaired) electrons. The van der Waals surface area contributed by atoms with Gasteiger partial charge in [-0.15, -0.1) is 5.10 Å². The van der Waals surface area contributed by atoms with Crippen molar-refractivity contribution >= 4 is 5.82 Å². The van der Waals surface area contributed by atoms with E-state index < -0.39 is 0 Å². The van der Waals surface area contributed by atoms with Crippen molar-refractivity contribution in [3.05, 3.63) is 6.20 Å². The van der Waals surface area contributed by atoms with Gasteiger partial charge in [0, 0.05) is 0 Å². The smallest absolute Gasteiger partial charge is 0.189 e. The van der Waals surface area contributed by atoms with Crippen molar-refractivity contribution < 1.29 is 10.2 Å². The maximum absolute atomic E-state index is 8.93. The third-order valence-electron chi connectivity index (χ3n) is 1.11. The van der Waals surface area contributed by atoms with Gasteiger partial charge < -0.3 is 21.4 Å². The average molecular weight is 158 g/mol. The highest BCUT2D eigenvalue weighted by Gasteiger charge is 2.00. The normalized spacial score (nSPS) is 9.91. The van der Waals surface area contributed by atoms with Crippen LogP contribution in [0, 0.1) is 0 Å². The lowest BCUT2D eigenvalue weighted by molar-refractivity contribution is 0.305. The lowest BCUT2D eigenvalue weighted by atomic mass is 10.6. The van der Waals surface area contributed by atoms with E-state index in [9.17, 15) is 0 Å². The minimum atomic E-state index is -0.0737. The summed E-state index contributed by atoms with van der Waals surface area (Å²) in [6, 6.07) is 0. The van der Waals surface area contributed by atoms with Gasteiger partial charge in [0.25, 0.3) is 0 Å². The molecule has 0 amide bonds. The lowest BCUT2D eigenvalue weighted by Crippen LogP contribution is -2.18. The van der Waals surface area contributed by atoms with Crippen LogP contribution in [0.5, 0.6) is 5.75 Å².